The minimum absolute atomic E-state index is 0.125. The first-order valence-electron chi connectivity index (χ1n) is 6.31. The number of rotatable bonds is 0. The van der Waals surface area contributed by atoms with Crippen LogP contribution >= 0.6 is 0 Å². The molecule has 0 radical (unpaired) electrons. The average Bonchev–Trinajstić information content (AvgIpc) is 1.97. The van der Waals surface area contributed by atoms with E-state index in [-0.39, 0.29) is 22.5 Å². The Labute approximate surface area is 101 Å². The predicted octanol–water partition coefficient (Wildman–Crippen LogP) is 4.43. The highest BCUT2D eigenvalue weighted by Crippen LogP contribution is 2.43. The van der Waals surface area contributed by atoms with Crippen molar-refractivity contribution in [3.05, 3.63) is 12.2 Å². The molecule has 0 bridgehead atoms. The highest BCUT2D eigenvalue weighted by atomic mass is 16.5. The van der Waals surface area contributed by atoms with Crippen molar-refractivity contribution >= 4 is 0 Å². The standard InChI is InChI=1S/C15H28O/c1-13(2,3)11-9-10-15(7,8)16-12(11)14(4,5)6/h9-12H,1-8H3. The molecule has 0 aliphatic carbocycles. The molecule has 2 unspecified atom stereocenters. The maximum Gasteiger partial charge on any atom is 0.0810 e. The van der Waals surface area contributed by atoms with Crippen LogP contribution in [0.2, 0.25) is 0 Å². The Morgan fingerprint density at radius 1 is 0.938 bits per heavy atom. The largest absolute Gasteiger partial charge is 0.367 e. The fourth-order valence-electron chi connectivity index (χ4n) is 2.33. The van der Waals surface area contributed by atoms with Crippen LogP contribution in [-0.2, 0) is 4.74 Å². The normalized spacial score (nSPS) is 30.5. The summed E-state index contributed by atoms with van der Waals surface area (Å²) in [6.45, 7) is 18.0. The van der Waals surface area contributed by atoms with Crippen molar-refractivity contribution in [1.82, 2.24) is 0 Å². The first-order chi connectivity index (χ1) is 6.93. The van der Waals surface area contributed by atoms with Gasteiger partial charge in [-0.1, -0.05) is 53.7 Å². The van der Waals surface area contributed by atoms with Crippen molar-refractivity contribution in [1.29, 1.82) is 0 Å². The van der Waals surface area contributed by atoms with Gasteiger partial charge in [0.25, 0.3) is 0 Å². The highest BCUT2D eigenvalue weighted by molar-refractivity contribution is 5.11. The Bertz CT molecular complexity index is 273. The molecule has 1 aliphatic heterocycles. The molecule has 1 heterocycles. The second-order valence-electron chi connectivity index (χ2n) is 7.76. The van der Waals surface area contributed by atoms with Crippen molar-refractivity contribution in [3.8, 4) is 0 Å². The molecule has 94 valence electrons. The van der Waals surface area contributed by atoms with E-state index in [4.69, 9.17) is 4.74 Å². The third-order valence-electron chi connectivity index (χ3n) is 3.32. The van der Waals surface area contributed by atoms with Crippen LogP contribution in [0.3, 0.4) is 0 Å². The summed E-state index contributed by atoms with van der Waals surface area (Å²) in [5.41, 5.74) is 0.310. The van der Waals surface area contributed by atoms with Gasteiger partial charge in [-0.05, 0) is 24.7 Å². The molecule has 16 heavy (non-hydrogen) atoms. The Morgan fingerprint density at radius 3 is 1.81 bits per heavy atom. The molecule has 0 saturated carbocycles. The molecule has 0 amide bonds. The van der Waals surface area contributed by atoms with Gasteiger partial charge >= 0.3 is 0 Å². The second-order valence-corrected chi connectivity index (χ2v) is 7.76. The van der Waals surface area contributed by atoms with E-state index < -0.39 is 0 Å². The summed E-state index contributed by atoms with van der Waals surface area (Å²) in [6.07, 6.45) is 4.86. The monoisotopic (exact) mass is 224 g/mol. The molecular formula is C15H28O. The summed E-state index contributed by atoms with van der Waals surface area (Å²) in [5.74, 6) is 0.487. The number of ether oxygens (including phenoxy) is 1. The van der Waals surface area contributed by atoms with E-state index in [0.29, 0.717) is 5.92 Å². The molecular weight excluding hydrogens is 196 g/mol. The zero-order chi connectivity index (χ0) is 12.8. The smallest absolute Gasteiger partial charge is 0.0810 e. The second kappa shape index (κ2) is 3.87. The maximum atomic E-state index is 6.29. The lowest BCUT2D eigenvalue weighted by Gasteiger charge is -2.48. The molecule has 0 spiro atoms. The molecule has 0 fully saturated rings. The Balaban J connectivity index is 3.07. The van der Waals surface area contributed by atoms with Gasteiger partial charge in [0.2, 0.25) is 0 Å². The third kappa shape index (κ3) is 3.10. The molecule has 1 nitrogen and oxygen atoms in total. The quantitative estimate of drug-likeness (QED) is 0.553. The fourth-order valence-corrected chi connectivity index (χ4v) is 2.33. The zero-order valence-corrected chi connectivity index (χ0v) is 12.2. The van der Waals surface area contributed by atoms with Crippen LogP contribution in [-0.4, -0.2) is 11.7 Å². The molecule has 0 aromatic rings. The van der Waals surface area contributed by atoms with Crippen molar-refractivity contribution in [2.45, 2.75) is 67.1 Å². The van der Waals surface area contributed by atoms with Crippen LogP contribution in [0.25, 0.3) is 0 Å². The van der Waals surface area contributed by atoms with Gasteiger partial charge in [-0.3, -0.25) is 0 Å². The number of hydrogen-bond donors (Lipinski definition) is 0. The van der Waals surface area contributed by atoms with E-state index in [2.05, 4.69) is 67.5 Å². The van der Waals surface area contributed by atoms with E-state index in [9.17, 15) is 0 Å². The third-order valence-corrected chi connectivity index (χ3v) is 3.32. The lowest BCUT2D eigenvalue weighted by molar-refractivity contribution is -0.136. The molecule has 2 atom stereocenters. The molecule has 1 rings (SSSR count). The van der Waals surface area contributed by atoms with E-state index in [0.717, 1.165) is 0 Å². The Morgan fingerprint density at radius 2 is 1.44 bits per heavy atom. The van der Waals surface area contributed by atoms with E-state index in [1.807, 2.05) is 0 Å². The molecule has 0 saturated heterocycles. The van der Waals surface area contributed by atoms with Gasteiger partial charge in [0.1, 0.15) is 0 Å². The average molecular weight is 224 g/mol. The number of hydrogen-bond acceptors (Lipinski definition) is 1. The minimum Gasteiger partial charge on any atom is -0.367 e. The van der Waals surface area contributed by atoms with E-state index in [1.54, 1.807) is 0 Å². The van der Waals surface area contributed by atoms with Crippen molar-refractivity contribution < 1.29 is 4.74 Å². The SMILES string of the molecule is CC1(C)C=CC(C(C)(C)C)C(C(C)(C)C)O1. The molecule has 1 aliphatic rings. The zero-order valence-electron chi connectivity index (χ0n) is 12.2. The van der Waals surface area contributed by atoms with Crippen LogP contribution in [0.5, 0.6) is 0 Å². The highest BCUT2D eigenvalue weighted by Gasteiger charge is 2.43. The van der Waals surface area contributed by atoms with Gasteiger partial charge in [0, 0.05) is 5.92 Å². The summed E-state index contributed by atoms with van der Waals surface area (Å²) in [6, 6.07) is 0. The molecule has 0 N–H and O–H groups in total. The summed E-state index contributed by atoms with van der Waals surface area (Å²) in [4.78, 5) is 0. The van der Waals surface area contributed by atoms with Crippen LogP contribution < -0.4 is 0 Å². The van der Waals surface area contributed by atoms with Crippen LogP contribution in [0.4, 0.5) is 0 Å². The van der Waals surface area contributed by atoms with Crippen LogP contribution in [0.1, 0.15) is 55.4 Å². The van der Waals surface area contributed by atoms with Crippen LogP contribution in [0.15, 0.2) is 12.2 Å². The summed E-state index contributed by atoms with van der Waals surface area (Å²) >= 11 is 0. The van der Waals surface area contributed by atoms with Gasteiger partial charge in [-0.25, -0.2) is 0 Å². The van der Waals surface area contributed by atoms with Gasteiger partial charge in [0.15, 0.2) is 0 Å². The van der Waals surface area contributed by atoms with Gasteiger partial charge in [0.05, 0.1) is 11.7 Å². The first kappa shape index (κ1) is 13.8. The minimum atomic E-state index is -0.125. The molecule has 0 aromatic heterocycles. The lowest BCUT2D eigenvalue weighted by atomic mass is 9.68. The van der Waals surface area contributed by atoms with Gasteiger partial charge in [-0.15, -0.1) is 0 Å². The molecule has 1 heteroatoms. The Kier molecular flexibility index (Phi) is 3.33. The van der Waals surface area contributed by atoms with Crippen molar-refractivity contribution in [2.24, 2.45) is 16.7 Å². The summed E-state index contributed by atoms with van der Waals surface area (Å²) < 4.78 is 6.29. The first-order valence-corrected chi connectivity index (χ1v) is 6.31. The van der Waals surface area contributed by atoms with Gasteiger partial charge in [-0.2, -0.15) is 0 Å². The molecule has 0 aromatic carbocycles. The topological polar surface area (TPSA) is 9.23 Å². The predicted molar refractivity (Wildman–Crippen MR) is 70.5 cm³/mol. The lowest BCUT2D eigenvalue weighted by Crippen LogP contribution is -2.48. The van der Waals surface area contributed by atoms with E-state index >= 15 is 0 Å². The fraction of sp³-hybridized carbons (Fsp3) is 0.867. The summed E-state index contributed by atoms with van der Waals surface area (Å²) in [7, 11) is 0. The van der Waals surface area contributed by atoms with Crippen molar-refractivity contribution in [2.75, 3.05) is 0 Å². The summed E-state index contributed by atoms with van der Waals surface area (Å²) in [5, 5.41) is 0. The van der Waals surface area contributed by atoms with Gasteiger partial charge < -0.3 is 4.74 Å². The van der Waals surface area contributed by atoms with Crippen LogP contribution in [0, 0.1) is 16.7 Å². The Hall–Kier alpha value is -0.300. The van der Waals surface area contributed by atoms with E-state index in [1.165, 1.54) is 0 Å². The maximum absolute atomic E-state index is 6.29. The van der Waals surface area contributed by atoms with Crippen molar-refractivity contribution in [3.63, 3.8) is 0 Å².